The summed E-state index contributed by atoms with van der Waals surface area (Å²) in [6, 6.07) is 7.04. The van der Waals surface area contributed by atoms with Crippen LogP contribution in [0.4, 0.5) is 5.69 Å². The summed E-state index contributed by atoms with van der Waals surface area (Å²) < 4.78 is 5.36. The molecule has 0 spiro atoms. The number of carbonyl (C=O) groups excluding carboxylic acids is 1. The molecule has 0 aromatic heterocycles. The minimum atomic E-state index is -0.682. The van der Waals surface area contributed by atoms with Gasteiger partial charge in [0.2, 0.25) is 0 Å². The Kier molecular flexibility index (Phi) is 6.13. The molecule has 1 saturated heterocycles. The van der Waals surface area contributed by atoms with Crippen LogP contribution in [0.3, 0.4) is 0 Å². The minimum Gasteiger partial charge on any atom is -0.392 e. The van der Waals surface area contributed by atoms with Gasteiger partial charge in [-0.3, -0.25) is 10.2 Å². The molecule has 7 heteroatoms. The quantitative estimate of drug-likeness (QED) is 0.300. The van der Waals surface area contributed by atoms with Crippen molar-refractivity contribution in [2.75, 3.05) is 18.5 Å². The molecule has 1 aliphatic heterocycles. The van der Waals surface area contributed by atoms with E-state index in [-0.39, 0.29) is 24.1 Å². The second-order valence-corrected chi connectivity index (χ2v) is 5.36. The lowest BCUT2D eigenvalue weighted by Crippen LogP contribution is -2.35. The van der Waals surface area contributed by atoms with E-state index in [2.05, 4.69) is 10.6 Å². The molecule has 6 N–H and O–H groups in total. The number of primary amides is 1. The summed E-state index contributed by atoms with van der Waals surface area (Å²) in [6.07, 6.45) is 3.38. The highest BCUT2D eigenvalue weighted by Gasteiger charge is 2.15. The molecule has 1 aromatic carbocycles. The predicted molar refractivity (Wildman–Crippen MR) is 88.0 cm³/mol. The van der Waals surface area contributed by atoms with Crippen LogP contribution in [0.1, 0.15) is 18.4 Å². The van der Waals surface area contributed by atoms with E-state index in [9.17, 15) is 4.79 Å². The first-order valence-corrected chi connectivity index (χ1v) is 7.49. The van der Waals surface area contributed by atoms with Gasteiger partial charge in [-0.05, 0) is 30.5 Å². The highest BCUT2D eigenvalue weighted by Crippen LogP contribution is 2.11. The van der Waals surface area contributed by atoms with Gasteiger partial charge in [0.05, 0.1) is 18.8 Å². The highest BCUT2D eigenvalue weighted by atomic mass is 16.5. The van der Waals surface area contributed by atoms with Crippen molar-refractivity contribution in [1.29, 1.82) is 5.41 Å². The molecule has 7 nitrogen and oxygen atoms in total. The molecule has 0 aliphatic carbocycles. The number of nitrogens with two attached hydrogens (primary N) is 1. The van der Waals surface area contributed by atoms with Gasteiger partial charge < -0.3 is 26.2 Å². The van der Waals surface area contributed by atoms with Crippen LogP contribution in [-0.2, 0) is 16.1 Å². The van der Waals surface area contributed by atoms with Crippen LogP contribution in [0.2, 0.25) is 0 Å². The van der Waals surface area contributed by atoms with E-state index < -0.39 is 5.91 Å². The van der Waals surface area contributed by atoms with Crippen molar-refractivity contribution in [2.24, 2.45) is 5.73 Å². The third-order valence-electron chi connectivity index (χ3n) is 3.56. The standard InChI is InChI=1S/C16H22N4O3/c17-15(20-12-5-3-11(9-21)4-6-12)14(16(18)22)8-19-13-2-1-7-23-10-13/h3-6,8,13,19,21H,1-2,7,9-10H2,(H2,17,20)(H2,18,22)/b14-8+. The Morgan fingerprint density at radius 2 is 2.17 bits per heavy atom. The summed E-state index contributed by atoms with van der Waals surface area (Å²) in [7, 11) is 0. The zero-order valence-corrected chi connectivity index (χ0v) is 12.8. The number of hydrogen-bond donors (Lipinski definition) is 5. The van der Waals surface area contributed by atoms with Crippen molar-refractivity contribution < 1.29 is 14.6 Å². The molecule has 2 rings (SSSR count). The van der Waals surface area contributed by atoms with Crippen molar-refractivity contribution in [2.45, 2.75) is 25.5 Å². The normalized spacial score (nSPS) is 18.3. The zero-order valence-electron chi connectivity index (χ0n) is 12.8. The first-order chi connectivity index (χ1) is 11.1. The number of hydrogen-bond acceptors (Lipinski definition) is 5. The van der Waals surface area contributed by atoms with Crippen LogP contribution in [0.5, 0.6) is 0 Å². The van der Waals surface area contributed by atoms with Gasteiger partial charge in [0.1, 0.15) is 5.84 Å². The molecular formula is C16H22N4O3. The first-order valence-electron chi connectivity index (χ1n) is 7.49. The van der Waals surface area contributed by atoms with E-state index in [1.807, 2.05) is 0 Å². The minimum absolute atomic E-state index is 0.0441. The Labute approximate surface area is 135 Å². The van der Waals surface area contributed by atoms with Crippen LogP contribution < -0.4 is 16.4 Å². The molecule has 1 atom stereocenters. The molecule has 0 bridgehead atoms. The SMILES string of the molecule is N=C(Nc1ccc(CO)cc1)/C(=C\NC1CCCOC1)C(N)=O. The second kappa shape index (κ2) is 8.30. The Bertz CT molecular complexity index is 577. The Balaban J connectivity index is 2.00. The van der Waals surface area contributed by atoms with Crippen molar-refractivity contribution in [3.8, 4) is 0 Å². The van der Waals surface area contributed by atoms with Gasteiger partial charge in [0.15, 0.2) is 0 Å². The van der Waals surface area contributed by atoms with Gasteiger partial charge in [-0.15, -0.1) is 0 Å². The average molecular weight is 318 g/mol. The number of anilines is 1. The van der Waals surface area contributed by atoms with Gasteiger partial charge in [-0.2, -0.15) is 0 Å². The number of aliphatic hydroxyl groups is 1. The molecule has 1 heterocycles. The molecule has 1 aromatic rings. The fourth-order valence-corrected chi connectivity index (χ4v) is 2.25. The average Bonchev–Trinajstić information content (AvgIpc) is 2.56. The number of aliphatic hydroxyl groups excluding tert-OH is 1. The summed E-state index contributed by atoms with van der Waals surface area (Å²) >= 11 is 0. The van der Waals surface area contributed by atoms with Crippen molar-refractivity contribution >= 4 is 17.4 Å². The molecule has 23 heavy (non-hydrogen) atoms. The summed E-state index contributed by atoms with van der Waals surface area (Å²) in [5.41, 5.74) is 6.84. The van der Waals surface area contributed by atoms with Crippen molar-refractivity contribution in [3.05, 3.63) is 41.6 Å². The molecule has 0 saturated carbocycles. The van der Waals surface area contributed by atoms with Gasteiger partial charge in [0, 0.05) is 24.5 Å². The topological polar surface area (TPSA) is 120 Å². The van der Waals surface area contributed by atoms with Crippen molar-refractivity contribution in [3.63, 3.8) is 0 Å². The molecule has 1 aliphatic rings. The first kappa shape index (κ1) is 17.0. The van der Waals surface area contributed by atoms with E-state index in [1.165, 1.54) is 6.20 Å². The van der Waals surface area contributed by atoms with Gasteiger partial charge in [0.25, 0.3) is 5.91 Å². The lowest BCUT2D eigenvalue weighted by atomic mass is 10.1. The Morgan fingerprint density at radius 3 is 2.74 bits per heavy atom. The van der Waals surface area contributed by atoms with E-state index >= 15 is 0 Å². The van der Waals surface area contributed by atoms with E-state index in [0.717, 1.165) is 25.0 Å². The number of benzene rings is 1. The number of rotatable bonds is 6. The van der Waals surface area contributed by atoms with Crippen molar-refractivity contribution in [1.82, 2.24) is 5.32 Å². The maximum Gasteiger partial charge on any atom is 0.253 e. The van der Waals surface area contributed by atoms with Crippen LogP contribution in [0.25, 0.3) is 0 Å². The number of amidine groups is 1. The molecular weight excluding hydrogens is 296 g/mol. The largest absolute Gasteiger partial charge is 0.392 e. The maximum atomic E-state index is 11.6. The number of ether oxygens (including phenoxy) is 1. The summed E-state index contributed by atoms with van der Waals surface area (Å²) in [6.45, 7) is 1.29. The second-order valence-electron chi connectivity index (χ2n) is 5.36. The van der Waals surface area contributed by atoms with Crippen LogP contribution in [0, 0.1) is 5.41 Å². The Morgan fingerprint density at radius 1 is 1.43 bits per heavy atom. The fraction of sp³-hybridized carbons (Fsp3) is 0.375. The van der Waals surface area contributed by atoms with E-state index in [1.54, 1.807) is 24.3 Å². The van der Waals surface area contributed by atoms with E-state index in [0.29, 0.717) is 12.3 Å². The smallest absolute Gasteiger partial charge is 0.253 e. The monoisotopic (exact) mass is 318 g/mol. The van der Waals surface area contributed by atoms with E-state index in [4.69, 9.17) is 21.0 Å². The predicted octanol–water partition coefficient (Wildman–Crippen LogP) is 0.706. The number of carbonyl (C=O) groups is 1. The maximum absolute atomic E-state index is 11.6. The molecule has 1 fully saturated rings. The molecule has 124 valence electrons. The highest BCUT2D eigenvalue weighted by molar-refractivity contribution is 6.23. The summed E-state index contributed by atoms with van der Waals surface area (Å²) in [5, 5.41) is 23.0. The molecule has 0 radical (unpaired) electrons. The lowest BCUT2D eigenvalue weighted by Gasteiger charge is -2.22. The van der Waals surface area contributed by atoms with Crippen LogP contribution in [-0.4, -0.2) is 36.1 Å². The third-order valence-corrected chi connectivity index (χ3v) is 3.56. The van der Waals surface area contributed by atoms with Crippen LogP contribution in [0.15, 0.2) is 36.0 Å². The third kappa shape index (κ3) is 5.08. The van der Waals surface area contributed by atoms with Gasteiger partial charge in [-0.25, -0.2) is 0 Å². The van der Waals surface area contributed by atoms with Gasteiger partial charge >= 0.3 is 0 Å². The molecule has 1 amide bonds. The summed E-state index contributed by atoms with van der Waals surface area (Å²) in [5.74, 6) is -0.766. The van der Waals surface area contributed by atoms with Crippen LogP contribution >= 0.6 is 0 Å². The number of amides is 1. The fourth-order valence-electron chi connectivity index (χ4n) is 2.25. The zero-order chi connectivity index (χ0) is 16.7. The number of nitrogens with one attached hydrogen (secondary N) is 3. The lowest BCUT2D eigenvalue weighted by molar-refractivity contribution is -0.114. The molecule has 1 unspecified atom stereocenters. The summed E-state index contributed by atoms with van der Waals surface area (Å²) in [4.78, 5) is 11.6. The Hall–Kier alpha value is -2.38. The van der Waals surface area contributed by atoms with Gasteiger partial charge in [-0.1, -0.05) is 12.1 Å².